The van der Waals surface area contributed by atoms with Crippen LogP contribution < -0.4 is 5.32 Å². The van der Waals surface area contributed by atoms with Crippen LogP contribution in [0.15, 0.2) is 41.1 Å². The molecule has 0 bridgehead atoms. The van der Waals surface area contributed by atoms with Crippen LogP contribution in [0.25, 0.3) is 0 Å². The van der Waals surface area contributed by atoms with E-state index >= 15 is 0 Å². The summed E-state index contributed by atoms with van der Waals surface area (Å²) in [5, 5.41) is 14.0. The zero-order valence-electron chi connectivity index (χ0n) is 11.0. The SMILES string of the molecule is Cc1ccncc1CNCc1ccc([N+](=O)[O-])cc1Br. The van der Waals surface area contributed by atoms with E-state index in [2.05, 4.69) is 26.2 Å². The van der Waals surface area contributed by atoms with E-state index in [4.69, 9.17) is 0 Å². The van der Waals surface area contributed by atoms with E-state index in [1.807, 2.05) is 19.2 Å². The molecule has 20 heavy (non-hydrogen) atoms. The van der Waals surface area contributed by atoms with Crippen LogP contribution in [-0.2, 0) is 13.1 Å². The first kappa shape index (κ1) is 14.6. The molecule has 1 heterocycles. The molecular formula is C14H14BrN3O2. The molecule has 2 rings (SSSR count). The van der Waals surface area contributed by atoms with Crippen molar-refractivity contribution in [1.82, 2.24) is 10.3 Å². The Bertz CT molecular complexity index is 632. The second-order valence-corrected chi connectivity index (χ2v) is 5.29. The normalized spacial score (nSPS) is 10.5. The summed E-state index contributed by atoms with van der Waals surface area (Å²) in [6.07, 6.45) is 3.61. The van der Waals surface area contributed by atoms with E-state index in [0.29, 0.717) is 13.1 Å². The summed E-state index contributed by atoms with van der Waals surface area (Å²) in [5.41, 5.74) is 3.40. The quantitative estimate of drug-likeness (QED) is 0.672. The fourth-order valence-corrected chi connectivity index (χ4v) is 2.31. The number of rotatable bonds is 5. The Kier molecular flexibility index (Phi) is 4.81. The van der Waals surface area contributed by atoms with Crippen molar-refractivity contribution in [2.24, 2.45) is 0 Å². The van der Waals surface area contributed by atoms with Gasteiger partial charge >= 0.3 is 0 Å². The number of nitrogens with one attached hydrogen (secondary N) is 1. The van der Waals surface area contributed by atoms with E-state index < -0.39 is 4.92 Å². The average Bonchev–Trinajstić information content (AvgIpc) is 2.42. The number of nitro benzene ring substituents is 1. The number of halogens is 1. The fraction of sp³-hybridized carbons (Fsp3) is 0.214. The predicted octanol–water partition coefficient (Wildman–Crippen LogP) is 3.35. The van der Waals surface area contributed by atoms with Crippen LogP contribution in [-0.4, -0.2) is 9.91 Å². The standard InChI is InChI=1S/C14H14BrN3O2/c1-10-4-5-16-8-12(10)9-17-7-11-2-3-13(18(19)20)6-14(11)15/h2-6,8,17H,7,9H2,1H3. The van der Waals surface area contributed by atoms with Crippen molar-refractivity contribution >= 4 is 21.6 Å². The molecule has 2 aromatic rings. The van der Waals surface area contributed by atoms with Crippen LogP contribution in [0.5, 0.6) is 0 Å². The Morgan fingerprint density at radius 1 is 1.30 bits per heavy atom. The number of nitrogens with zero attached hydrogens (tertiary/aromatic N) is 2. The molecule has 0 aliphatic rings. The third-order valence-electron chi connectivity index (χ3n) is 3.03. The minimum Gasteiger partial charge on any atom is -0.309 e. The molecule has 5 nitrogen and oxygen atoms in total. The number of hydrogen-bond donors (Lipinski definition) is 1. The number of aryl methyl sites for hydroxylation is 1. The lowest BCUT2D eigenvalue weighted by Crippen LogP contribution is -2.14. The van der Waals surface area contributed by atoms with Crippen LogP contribution in [0.3, 0.4) is 0 Å². The molecule has 0 saturated heterocycles. The Labute approximate surface area is 125 Å². The van der Waals surface area contributed by atoms with Gasteiger partial charge in [-0.1, -0.05) is 15.9 Å². The lowest BCUT2D eigenvalue weighted by atomic mass is 10.1. The Balaban J connectivity index is 1.98. The molecule has 0 fully saturated rings. The molecule has 0 radical (unpaired) electrons. The number of aromatic nitrogens is 1. The third-order valence-corrected chi connectivity index (χ3v) is 3.76. The van der Waals surface area contributed by atoms with Gasteiger partial charge in [-0.25, -0.2) is 0 Å². The van der Waals surface area contributed by atoms with Gasteiger partial charge in [-0.2, -0.15) is 0 Å². The fourth-order valence-electron chi connectivity index (χ4n) is 1.81. The number of hydrogen-bond acceptors (Lipinski definition) is 4. The summed E-state index contributed by atoms with van der Waals surface area (Å²) in [6.45, 7) is 3.39. The Hall–Kier alpha value is -1.79. The van der Waals surface area contributed by atoms with E-state index in [-0.39, 0.29) is 5.69 Å². The van der Waals surface area contributed by atoms with Gasteiger partial charge in [0.2, 0.25) is 0 Å². The monoisotopic (exact) mass is 335 g/mol. The lowest BCUT2D eigenvalue weighted by Gasteiger charge is -2.08. The van der Waals surface area contributed by atoms with Crippen molar-refractivity contribution in [3.8, 4) is 0 Å². The summed E-state index contributed by atoms with van der Waals surface area (Å²) >= 11 is 3.36. The van der Waals surface area contributed by atoms with Crippen LogP contribution in [0.1, 0.15) is 16.7 Å². The van der Waals surface area contributed by atoms with Crippen molar-refractivity contribution in [2.75, 3.05) is 0 Å². The first-order valence-electron chi connectivity index (χ1n) is 6.11. The van der Waals surface area contributed by atoms with Crippen LogP contribution >= 0.6 is 15.9 Å². The Morgan fingerprint density at radius 2 is 2.05 bits per heavy atom. The zero-order chi connectivity index (χ0) is 14.5. The van der Waals surface area contributed by atoms with Gasteiger partial charge in [0.05, 0.1) is 4.92 Å². The van der Waals surface area contributed by atoms with E-state index in [0.717, 1.165) is 15.6 Å². The molecule has 0 aliphatic carbocycles. The summed E-state index contributed by atoms with van der Waals surface area (Å²) in [6, 6.07) is 6.76. The molecule has 104 valence electrons. The van der Waals surface area contributed by atoms with Crippen molar-refractivity contribution in [2.45, 2.75) is 20.0 Å². The lowest BCUT2D eigenvalue weighted by molar-refractivity contribution is -0.384. The van der Waals surface area contributed by atoms with Crippen LogP contribution in [0.2, 0.25) is 0 Å². The number of non-ortho nitro benzene ring substituents is 1. The van der Waals surface area contributed by atoms with Gasteiger partial charge in [0, 0.05) is 42.1 Å². The summed E-state index contributed by atoms with van der Waals surface area (Å²) in [7, 11) is 0. The van der Waals surface area contributed by atoms with Gasteiger partial charge in [-0.05, 0) is 35.7 Å². The van der Waals surface area contributed by atoms with E-state index in [1.54, 1.807) is 12.3 Å². The highest BCUT2D eigenvalue weighted by Crippen LogP contribution is 2.22. The van der Waals surface area contributed by atoms with Crippen LogP contribution in [0, 0.1) is 17.0 Å². The van der Waals surface area contributed by atoms with Gasteiger partial charge in [0.25, 0.3) is 5.69 Å². The second-order valence-electron chi connectivity index (χ2n) is 4.44. The highest BCUT2D eigenvalue weighted by atomic mass is 79.9. The molecular weight excluding hydrogens is 322 g/mol. The molecule has 1 aromatic heterocycles. The second kappa shape index (κ2) is 6.58. The van der Waals surface area contributed by atoms with Crippen molar-refractivity contribution in [1.29, 1.82) is 0 Å². The summed E-state index contributed by atoms with van der Waals surface area (Å²) in [4.78, 5) is 14.4. The van der Waals surface area contributed by atoms with E-state index in [9.17, 15) is 10.1 Å². The predicted molar refractivity (Wildman–Crippen MR) is 80.3 cm³/mol. The van der Waals surface area contributed by atoms with Crippen molar-refractivity contribution in [3.63, 3.8) is 0 Å². The molecule has 0 amide bonds. The highest BCUT2D eigenvalue weighted by Gasteiger charge is 2.08. The summed E-state index contributed by atoms with van der Waals surface area (Å²) < 4.78 is 0.738. The minimum absolute atomic E-state index is 0.0868. The van der Waals surface area contributed by atoms with E-state index in [1.165, 1.54) is 17.7 Å². The van der Waals surface area contributed by atoms with Gasteiger partial charge in [0.1, 0.15) is 0 Å². The maximum atomic E-state index is 10.7. The Morgan fingerprint density at radius 3 is 2.70 bits per heavy atom. The number of benzene rings is 1. The minimum atomic E-state index is -0.402. The van der Waals surface area contributed by atoms with Crippen molar-refractivity contribution in [3.05, 3.63) is 67.9 Å². The largest absolute Gasteiger partial charge is 0.309 e. The molecule has 6 heteroatoms. The molecule has 1 N–H and O–H groups in total. The smallest absolute Gasteiger partial charge is 0.270 e. The maximum absolute atomic E-state index is 10.7. The van der Waals surface area contributed by atoms with Gasteiger partial charge in [-0.15, -0.1) is 0 Å². The first-order chi connectivity index (χ1) is 9.58. The average molecular weight is 336 g/mol. The zero-order valence-corrected chi connectivity index (χ0v) is 12.6. The number of pyridine rings is 1. The molecule has 0 unspecified atom stereocenters. The van der Waals surface area contributed by atoms with Crippen LogP contribution in [0.4, 0.5) is 5.69 Å². The van der Waals surface area contributed by atoms with Gasteiger partial charge < -0.3 is 5.32 Å². The van der Waals surface area contributed by atoms with Crippen molar-refractivity contribution < 1.29 is 4.92 Å². The van der Waals surface area contributed by atoms with Gasteiger partial charge in [0.15, 0.2) is 0 Å². The highest BCUT2D eigenvalue weighted by molar-refractivity contribution is 9.10. The van der Waals surface area contributed by atoms with Gasteiger partial charge in [-0.3, -0.25) is 15.1 Å². The number of nitro groups is 1. The third kappa shape index (κ3) is 3.61. The molecule has 0 aliphatic heterocycles. The molecule has 1 aromatic carbocycles. The maximum Gasteiger partial charge on any atom is 0.270 e. The first-order valence-corrected chi connectivity index (χ1v) is 6.90. The molecule has 0 atom stereocenters. The molecule has 0 spiro atoms. The topological polar surface area (TPSA) is 68.1 Å². The summed E-state index contributed by atoms with van der Waals surface area (Å²) in [5.74, 6) is 0. The molecule has 0 saturated carbocycles.